The molecule has 0 bridgehead atoms. The van der Waals surface area contributed by atoms with Crippen LogP contribution in [-0.2, 0) is 11.0 Å². The van der Waals surface area contributed by atoms with Gasteiger partial charge in [0.1, 0.15) is 5.75 Å². The maximum Gasteiger partial charge on any atom is 0.416 e. The van der Waals surface area contributed by atoms with Gasteiger partial charge in [0.15, 0.2) is 6.10 Å². The molecule has 7 heteroatoms. The van der Waals surface area contributed by atoms with Gasteiger partial charge in [-0.05, 0) is 55.5 Å². The predicted octanol–water partition coefficient (Wildman–Crippen LogP) is 3.98. The smallest absolute Gasteiger partial charge is 0.416 e. The zero-order valence-corrected chi connectivity index (χ0v) is 12.6. The number of ether oxygens (including phenoxy) is 1. The standard InChI is InChI=1S/C17H13F3N2O2/c1-11(24-15-8-2-12(10-21)3-9-15)16(23)22-14-6-4-13(5-7-14)17(18,19)20/h2-9,11H,1H3,(H,22,23)/t11-/m1/s1. The highest BCUT2D eigenvalue weighted by molar-refractivity contribution is 5.94. The minimum Gasteiger partial charge on any atom is -0.481 e. The summed E-state index contributed by atoms with van der Waals surface area (Å²) in [4.78, 5) is 12.0. The summed E-state index contributed by atoms with van der Waals surface area (Å²) in [6, 6.07) is 12.3. The first-order chi connectivity index (χ1) is 11.3. The van der Waals surface area contributed by atoms with Crippen molar-refractivity contribution >= 4 is 11.6 Å². The first-order valence-electron chi connectivity index (χ1n) is 6.94. The number of nitriles is 1. The number of halogens is 3. The molecule has 0 aliphatic heterocycles. The number of nitrogens with zero attached hydrogens (tertiary/aromatic N) is 1. The van der Waals surface area contributed by atoms with Gasteiger partial charge in [-0.25, -0.2) is 0 Å². The number of hydrogen-bond acceptors (Lipinski definition) is 3. The number of benzene rings is 2. The molecule has 0 spiro atoms. The summed E-state index contributed by atoms with van der Waals surface area (Å²) >= 11 is 0. The second kappa shape index (κ2) is 7.04. The summed E-state index contributed by atoms with van der Waals surface area (Å²) in [5.41, 5.74) is -0.0881. The van der Waals surface area contributed by atoms with Crippen LogP contribution >= 0.6 is 0 Å². The molecule has 1 amide bonds. The topological polar surface area (TPSA) is 62.1 Å². The van der Waals surface area contributed by atoms with Gasteiger partial charge in [0.2, 0.25) is 0 Å². The van der Waals surface area contributed by atoms with E-state index in [1.54, 1.807) is 24.3 Å². The van der Waals surface area contributed by atoms with Crippen LogP contribution in [0, 0.1) is 11.3 Å². The van der Waals surface area contributed by atoms with Gasteiger partial charge in [0.25, 0.3) is 5.91 Å². The molecule has 0 saturated carbocycles. The SMILES string of the molecule is C[C@@H](Oc1ccc(C#N)cc1)C(=O)Nc1ccc(C(F)(F)F)cc1. The lowest BCUT2D eigenvalue weighted by molar-refractivity contribution is -0.137. The quantitative estimate of drug-likeness (QED) is 0.920. The van der Waals surface area contributed by atoms with Crippen LogP contribution in [0.5, 0.6) is 5.75 Å². The highest BCUT2D eigenvalue weighted by Gasteiger charge is 2.30. The van der Waals surface area contributed by atoms with Crippen LogP contribution in [-0.4, -0.2) is 12.0 Å². The minimum atomic E-state index is -4.42. The third-order valence-corrected chi connectivity index (χ3v) is 3.15. The number of anilines is 1. The summed E-state index contributed by atoms with van der Waals surface area (Å²) in [6.45, 7) is 1.51. The third-order valence-electron chi connectivity index (χ3n) is 3.15. The Kier molecular flexibility index (Phi) is 5.09. The zero-order chi connectivity index (χ0) is 17.7. The highest BCUT2D eigenvalue weighted by Crippen LogP contribution is 2.29. The Morgan fingerprint density at radius 3 is 2.21 bits per heavy atom. The summed E-state index contributed by atoms with van der Waals surface area (Å²) in [7, 11) is 0. The van der Waals surface area contributed by atoms with Gasteiger partial charge in [-0.15, -0.1) is 0 Å². The molecule has 0 aromatic heterocycles. The van der Waals surface area contributed by atoms with E-state index in [1.165, 1.54) is 19.1 Å². The first kappa shape index (κ1) is 17.3. The number of nitrogens with one attached hydrogen (secondary N) is 1. The Morgan fingerprint density at radius 1 is 1.12 bits per heavy atom. The van der Waals surface area contributed by atoms with Crippen molar-refractivity contribution in [2.45, 2.75) is 19.2 Å². The van der Waals surface area contributed by atoms with Crippen LogP contribution < -0.4 is 10.1 Å². The number of carbonyl (C=O) groups excluding carboxylic acids is 1. The average molecular weight is 334 g/mol. The molecule has 1 N–H and O–H groups in total. The number of hydrogen-bond donors (Lipinski definition) is 1. The lowest BCUT2D eigenvalue weighted by Crippen LogP contribution is -2.30. The molecule has 2 aromatic rings. The molecule has 0 heterocycles. The summed E-state index contributed by atoms with van der Waals surface area (Å²) in [6.07, 6.45) is -5.28. The van der Waals surface area contributed by atoms with Crippen molar-refractivity contribution in [2.24, 2.45) is 0 Å². The van der Waals surface area contributed by atoms with Crippen LogP contribution in [0.1, 0.15) is 18.1 Å². The molecule has 2 rings (SSSR count). The Balaban J connectivity index is 1.97. The molecule has 0 aliphatic rings. The number of amides is 1. The summed E-state index contributed by atoms with van der Waals surface area (Å²) < 4.78 is 42.9. The molecule has 24 heavy (non-hydrogen) atoms. The van der Waals surface area contributed by atoms with E-state index in [9.17, 15) is 18.0 Å². The normalized spacial score (nSPS) is 12.1. The fourth-order valence-corrected chi connectivity index (χ4v) is 1.85. The van der Waals surface area contributed by atoms with Crippen LogP contribution in [0.4, 0.5) is 18.9 Å². The Hall–Kier alpha value is -3.01. The number of rotatable bonds is 4. The second-order valence-electron chi connectivity index (χ2n) is 4.96. The fourth-order valence-electron chi connectivity index (χ4n) is 1.85. The second-order valence-corrected chi connectivity index (χ2v) is 4.96. The molecule has 0 radical (unpaired) electrons. The average Bonchev–Trinajstić information content (AvgIpc) is 2.55. The van der Waals surface area contributed by atoms with Gasteiger partial charge < -0.3 is 10.1 Å². The van der Waals surface area contributed by atoms with E-state index in [0.717, 1.165) is 12.1 Å². The molecule has 0 unspecified atom stereocenters. The fraction of sp³-hybridized carbons (Fsp3) is 0.176. The summed E-state index contributed by atoms with van der Waals surface area (Å²) in [5, 5.41) is 11.2. The monoisotopic (exact) mass is 334 g/mol. The van der Waals surface area contributed by atoms with E-state index in [-0.39, 0.29) is 5.69 Å². The molecule has 0 aliphatic carbocycles. The van der Waals surface area contributed by atoms with Crippen molar-refractivity contribution in [3.8, 4) is 11.8 Å². The van der Waals surface area contributed by atoms with Crippen molar-refractivity contribution in [2.75, 3.05) is 5.32 Å². The van der Waals surface area contributed by atoms with Gasteiger partial charge in [-0.3, -0.25) is 4.79 Å². The van der Waals surface area contributed by atoms with Crippen LogP contribution in [0.15, 0.2) is 48.5 Å². The maximum absolute atomic E-state index is 12.5. The largest absolute Gasteiger partial charge is 0.481 e. The Labute approximate surface area is 136 Å². The van der Waals surface area contributed by atoms with Gasteiger partial charge >= 0.3 is 6.18 Å². The molecule has 2 aromatic carbocycles. The van der Waals surface area contributed by atoms with E-state index in [2.05, 4.69) is 5.32 Å². The Morgan fingerprint density at radius 2 is 1.71 bits per heavy atom. The van der Waals surface area contributed by atoms with E-state index >= 15 is 0 Å². The van der Waals surface area contributed by atoms with E-state index in [1.807, 2.05) is 6.07 Å². The van der Waals surface area contributed by atoms with Gasteiger partial charge in [-0.1, -0.05) is 0 Å². The van der Waals surface area contributed by atoms with Gasteiger partial charge in [-0.2, -0.15) is 18.4 Å². The van der Waals surface area contributed by atoms with Crippen LogP contribution in [0.3, 0.4) is 0 Å². The Bertz CT molecular complexity index is 747. The van der Waals surface area contributed by atoms with Crippen molar-refractivity contribution in [1.82, 2.24) is 0 Å². The van der Waals surface area contributed by atoms with Gasteiger partial charge in [0, 0.05) is 5.69 Å². The zero-order valence-electron chi connectivity index (χ0n) is 12.6. The first-order valence-corrected chi connectivity index (χ1v) is 6.94. The highest BCUT2D eigenvalue weighted by atomic mass is 19.4. The van der Waals surface area contributed by atoms with Crippen LogP contribution in [0.2, 0.25) is 0 Å². The molecule has 0 fully saturated rings. The lowest BCUT2D eigenvalue weighted by atomic mass is 10.2. The lowest BCUT2D eigenvalue weighted by Gasteiger charge is -2.15. The number of alkyl halides is 3. The third kappa shape index (κ3) is 4.49. The van der Waals surface area contributed by atoms with Crippen molar-refractivity contribution in [3.63, 3.8) is 0 Å². The minimum absolute atomic E-state index is 0.239. The van der Waals surface area contributed by atoms with E-state index < -0.39 is 23.8 Å². The molecule has 0 saturated heterocycles. The summed E-state index contributed by atoms with van der Waals surface area (Å²) in [5.74, 6) is -0.0943. The molecular formula is C17H13F3N2O2. The predicted molar refractivity (Wildman–Crippen MR) is 81.3 cm³/mol. The van der Waals surface area contributed by atoms with Crippen molar-refractivity contribution < 1.29 is 22.7 Å². The van der Waals surface area contributed by atoms with Gasteiger partial charge in [0.05, 0.1) is 17.2 Å². The van der Waals surface area contributed by atoms with E-state index in [4.69, 9.17) is 10.00 Å². The molecule has 4 nitrogen and oxygen atoms in total. The molecule has 124 valence electrons. The molecule has 1 atom stereocenters. The van der Waals surface area contributed by atoms with Crippen molar-refractivity contribution in [1.29, 1.82) is 5.26 Å². The van der Waals surface area contributed by atoms with E-state index in [0.29, 0.717) is 11.3 Å². The molecular weight excluding hydrogens is 321 g/mol. The number of carbonyl (C=O) groups is 1. The maximum atomic E-state index is 12.5. The van der Waals surface area contributed by atoms with Crippen molar-refractivity contribution in [3.05, 3.63) is 59.7 Å². The van der Waals surface area contributed by atoms with Crippen LogP contribution in [0.25, 0.3) is 0 Å².